The predicted octanol–water partition coefficient (Wildman–Crippen LogP) is 1.28. The van der Waals surface area contributed by atoms with Crippen molar-refractivity contribution in [2.75, 3.05) is 19.7 Å². The van der Waals surface area contributed by atoms with Crippen molar-refractivity contribution >= 4 is 12.0 Å². The summed E-state index contributed by atoms with van der Waals surface area (Å²) in [7, 11) is 0. The fourth-order valence-electron chi connectivity index (χ4n) is 1.13. The number of urea groups is 1. The van der Waals surface area contributed by atoms with Gasteiger partial charge >= 0.3 is 12.0 Å². The van der Waals surface area contributed by atoms with Gasteiger partial charge in [-0.05, 0) is 18.8 Å². The van der Waals surface area contributed by atoms with Gasteiger partial charge in [-0.25, -0.2) is 4.79 Å². The molecule has 2 amide bonds. The van der Waals surface area contributed by atoms with E-state index in [-0.39, 0.29) is 18.6 Å². The molecule has 0 aromatic rings. The number of hydrogen-bond donors (Lipinski definition) is 2. The van der Waals surface area contributed by atoms with Crippen molar-refractivity contribution in [3.8, 4) is 0 Å². The van der Waals surface area contributed by atoms with Crippen molar-refractivity contribution in [3.05, 3.63) is 0 Å². The second-order valence-corrected chi connectivity index (χ2v) is 4.06. The average Bonchev–Trinajstić information content (AvgIpc) is 2.19. The van der Waals surface area contributed by atoms with Gasteiger partial charge in [0.05, 0.1) is 6.54 Å². The minimum absolute atomic E-state index is 0.212. The third kappa shape index (κ3) is 10.8. The van der Waals surface area contributed by atoms with E-state index >= 15 is 0 Å². The summed E-state index contributed by atoms with van der Waals surface area (Å²) in [6.07, 6.45) is 2.09. The lowest BCUT2D eigenvalue weighted by atomic mass is 10.1. The zero-order valence-electron chi connectivity index (χ0n) is 10.3. The number of carbonyl (C=O) groups excluding carboxylic acids is 2. The van der Waals surface area contributed by atoms with Crippen LogP contribution in [0.5, 0.6) is 0 Å². The number of hydrogen-bond acceptors (Lipinski definition) is 3. The molecule has 0 aliphatic heterocycles. The third-order valence-electron chi connectivity index (χ3n) is 1.94. The SMILES string of the molecule is CC(=O)OCCNC(=O)NCCCC(C)C. The van der Waals surface area contributed by atoms with E-state index in [0.29, 0.717) is 19.0 Å². The second kappa shape index (κ2) is 9.00. The normalized spacial score (nSPS) is 10.0. The van der Waals surface area contributed by atoms with Crippen LogP contribution in [0, 0.1) is 5.92 Å². The second-order valence-electron chi connectivity index (χ2n) is 4.06. The molecule has 0 radical (unpaired) electrons. The molecule has 0 saturated heterocycles. The molecule has 5 nitrogen and oxygen atoms in total. The highest BCUT2D eigenvalue weighted by Crippen LogP contribution is 2.01. The summed E-state index contributed by atoms with van der Waals surface area (Å²) in [6.45, 7) is 6.88. The van der Waals surface area contributed by atoms with Crippen LogP contribution >= 0.6 is 0 Å². The number of carbonyl (C=O) groups is 2. The summed E-state index contributed by atoms with van der Waals surface area (Å²) < 4.78 is 4.67. The summed E-state index contributed by atoms with van der Waals surface area (Å²) in [5.74, 6) is 0.327. The van der Waals surface area contributed by atoms with Gasteiger partial charge in [-0.2, -0.15) is 0 Å². The van der Waals surface area contributed by atoms with Gasteiger partial charge < -0.3 is 15.4 Å². The number of nitrogens with one attached hydrogen (secondary N) is 2. The van der Waals surface area contributed by atoms with E-state index in [0.717, 1.165) is 12.8 Å². The highest BCUT2D eigenvalue weighted by molar-refractivity contribution is 5.73. The van der Waals surface area contributed by atoms with Crippen LogP contribution in [0.3, 0.4) is 0 Å². The molecule has 0 aliphatic rings. The molecule has 0 atom stereocenters. The molecule has 0 aromatic carbocycles. The Morgan fingerprint density at radius 3 is 2.38 bits per heavy atom. The standard InChI is InChI=1S/C11H22N2O3/c1-9(2)5-4-6-12-11(15)13-7-8-16-10(3)14/h9H,4-8H2,1-3H3,(H2,12,13,15). The van der Waals surface area contributed by atoms with Crippen LogP contribution in [-0.2, 0) is 9.53 Å². The maximum atomic E-state index is 11.2. The first kappa shape index (κ1) is 14.7. The van der Waals surface area contributed by atoms with E-state index < -0.39 is 0 Å². The first-order valence-corrected chi connectivity index (χ1v) is 5.67. The highest BCUT2D eigenvalue weighted by atomic mass is 16.5. The quantitative estimate of drug-likeness (QED) is 0.511. The van der Waals surface area contributed by atoms with E-state index in [1.54, 1.807) is 0 Å². The molecular formula is C11H22N2O3. The molecule has 0 fully saturated rings. The average molecular weight is 230 g/mol. The Morgan fingerprint density at radius 2 is 1.81 bits per heavy atom. The lowest BCUT2D eigenvalue weighted by molar-refractivity contribution is -0.140. The summed E-state index contributed by atoms with van der Waals surface area (Å²) in [6, 6.07) is -0.212. The lowest BCUT2D eigenvalue weighted by Crippen LogP contribution is -2.38. The third-order valence-corrected chi connectivity index (χ3v) is 1.94. The lowest BCUT2D eigenvalue weighted by Gasteiger charge is -2.08. The van der Waals surface area contributed by atoms with Gasteiger partial charge in [0.1, 0.15) is 6.61 Å². The van der Waals surface area contributed by atoms with Crippen LogP contribution in [0.15, 0.2) is 0 Å². The summed E-state index contributed by atoms with van der Waals surface area (Å²) in [4.78, 5) is 21.6. The molecule has 0 bridgehead atoms. The smallest absolute Gasteiger partial charge is 0.314 e. The molecule has 16 heavy (non-hydrogen) atoms. The van der Waals surface area contributed by atoms with Crippen molar-refractivity contribution in [2.45, 2.75) is 33.6 Å². The van der Waals surface area contributed by atoms with Gasteiger partial charge in [-0.1, -0.05) is 13.8 Å². The van der Waals surface area contributed by atoms with E-state index in [1.165, 1.54) is 6.92 Å². The largest absolute Gasteiger partial charge is 0.464 e. The van der Waals surface area contributed by atoms with Crippen molar-refractivity contribution < 1.29 is 14.3 Å². The molecule has 0 aromatic heterocycles. The Hall–Kier alpha value is -1.26. The van der Waals surface area contributed by atoms with Crippen LogP contribution in [-0.4, -0.2) is 31.7 Å². The fraction of sp³-hybridized carbons (Fsp3) is 0.818. The summed E-state index contributed by atoms with van der Waals surface area (Å²) >= 11 is 0. The van der Waals surface area contributed by atoms with Gasteiger partial charge in [0, 0.05) is 13.5 Å². The number of ether oxygens (including phenoxy) is 1. The van der Waals surface area contributed by atoms with Crippen LogP contribution in [0.2, 0.25) is 0 Å². The van der Waals surface area contributed by atoms with Crippen LogP contribution in [0.25, 0.3) is 0 Å². The fourth-order valence-corrected chi connectivity index (χ4v) is 1.13. The first-order valence-electron chi connectivity index (χ1n) is 5.67. The number of esters is 1. The molecule has 5 heteroatoms. The molecule has 2 N–H and O–H groups in total. The molecule has 0 spiro atoms. The zero-order valence-corrected chi connectivity index (χ0v) is 10.3. The van der Waals surface area contributed by atoms with Crippen molar-refractivity contribution in [1.29, 1.82) is 0 Å². The maximum absolute atomic E-state index is 11.2. The van der Waals surface area contributed by atoms with Crippen LogP contribution < -0.4 is 10.6 Å². The molecular weight excluding hydrogens is 208 g/mol. The topological polar surface area (TPSA) is 67.4 Å². The minimum Gasteiger partial charge on any atom is -0.464 e. The van der Waals surface area contributed by atoms with E-state index in [9.17, 15) is 9.59 Å². The zero-order chi connectivity index (χ0) is 12.4. The summed E-state index contributed by atoms with van der Waals surface area (Å²) in [5.41, 5.74) is 0. The van der Waals surface area contributed by atoms with Gasteiger partial charge in [0.25, 0.3) is 0 Å². The van der Waals surface area contributed by atoms with Gasteiger partial charge in [0.2, 0.25) is 0 Å². The maximum Gasteiger partial charge on any atom is 0.314 e. The molecule has 0 aliphatic carbocycles. The minimum atomic E-state index is -0.334. The Morgan fingerprint density at radius 1 is 1.19 bits per heavy atom. The Bertz CT molecular complexity index is 217. The molecule has 0 saturated carbocycles. The van der Waals surface area contributed by atoms with Crippen molar-refractivity contribution in [2.24, 2.45) is 5.92 Å². The predicted molar refractivity (Wildman–Crippen MR) is 62.1 cm³/mol. The van der Waals surface area contributed by atoms with E-state index in [4.69, 9.17) is 0 Å². The van der Waals surface area contributed by atoms with Gasteiger partial charge in [-0.3, -0.25) is 4.79 Å². The molecule has 0 unspecified atom stereocenters. The highest BCUT2D eigenvalue weighted by Gasteiger charge is 2.00. The van der Waals surface area contributed by atoms with E-state index in [2.05, 4.69) is 29.2 Å². The number of rotatable bonds is 7. The van der Waals surface area contributed by atoms with Crippen LogP contribution in [0.1, 0.15) is 33.6 Å². The van der Waals surface area contributed by atoms with Crippen LogP contribution in [0.4, 0.5) is 4.79 Å². The summed E-state index contributed by atoms with van der Waals surface area (Å²) in [5, 5.41) is 5.33. The van der Waals surface area contributed by atoms with Crippen molar-refractivity contribution in [1.82, 2.24) is 10.6 Å². The van der Waals surface area contributed by atoms with E-state index in [1.807, 2.05) is 0 Å². The Labute approximate surface area is 96.9 Å². The molecule has 94 valence electrons. The van der Waals surface area contributed by atoms with Gasteiger partial charge in [-0.15, -0.1) is 0 Å². The number of amides is 2. The molecule has 0 heterocycles. The molecule has 0 rings (SSSR count). The Balaban J connectivity index is 3.28. The van der Waals surface area contributed by atoms with Crippen molar-refractivity contribution in [3.63, 3.8) is 0 Å². The monoisotopic (exact) mass is 230 g/mol. The van der Waals surface area contributed by atoms with Gasteiger partial charge in [0.15, 0.2) is 0 Å². The first-order chi connectivity index (χ1) is 7.52. The Kier molecular flexibility index (Phi) is 8.29.